The van der Waals surface area contributed by atoms with E-state index in [1.54, 1.807) is 0 Å². The SMILES string of the molecule is C=CC(=O)NC(CC)N(C)CCC. The number of hydrogen-bond acceptors (Lipinski definition) is 2. The largest absolute Gasteiger partial charge is 0.337 e. The lowest BCUT2D eigenvalue weighted by Crippen LogP contribution is -2.45. The van der Waals surface area contributed by atoms with Crippen LogP contribution in [0.3, 0.4) is 0 Å². The zero-order valence-electron chi connectivity index (χ0n) is 8.84. The Kier molecular flexibility index (Phi) is 6.24. The molecule has 0 aromatic carbocycles. The fourth-order valence-electron chi connectivity index (χ4n) is 1.26. The van der Waals surface area contributed by atoms with Gasteiger partial charge >= 0.3 is 0 Å². The molecular weight excluding hydrogens is 164 g/mol. The molecule has 0 aromatic heterocycles. The van der Waals surface area contributed by atoms with Crippen LogP contribution in [-0.2, 0) is 4.79 Å². The van der Waals surface area contributed by atoms with Gasteiger partial charge in [0.15, 0.2) is 0 Å². The maximum Gasteiger partial charge on any atom is 0.244 e. The van der Waals surface area contributed by atoms with Crippen molar-refractivity contribution in [1.29, 1.82) is 0 Å². The highest BCUT2D eigenvalue weighted by molar-refractivity contribution is 5.87. The van der Waals surface area contributed by atoms with Gasteiger partial charge in [0.05, 0.1) is 6.17 Å². The third kappa shape index (κ3) is 4.68. The molecule has 0 bridgehead atoms. The maximum atomic E-state index is 11.0. The molecule has 0 aliphatic carbocycles. The summed E-state index contributed by atoms with van der Waals surface area (Å²) in [7, 11) is 2.01. The smallest absolute Gasteiger partial charge is 0.244 e. The number of hydrogen-bond donors (Lipinski definition) is 1. The van der Waals surface area contributed by atoms with Crippen molar-refractivity contribution in [1.82, 2.24) is 10.2 Å². The number of nitrogens with one attached hydrogen (secondary N) is 1. The lowest BCUT2D eigenvalue weighted by atomic mass is 10.3. The molecule has 3 heteroatoms. The van der Waals surface area contributed by atoms with Crippen molar-refractivity contribution < 1.29 is 4.79 Å². The van der Waals surface area contributed by atoms with Crippen LogP contribution in [0, 0.1) is 0 Å². The molecule has 0 aliphatic rings. The Bertz CT molecular complexity index is 168. The second-order valence-corrected chi connectivity index (χ2v) is 3.12. The number of carbonyl (C=O) groups is 1. The van der Waals surface area contributed by atoms with Crippen LogP contribution >= 0.6 is 0 Å². The predicted molar refractivity (Wildman–Crippen MR) is 55.3 cm³/mol. The van der Waals surface area contributed by atoms with Crippen molar-refractivity contribution in [2.45, 2.75) is 32.9 Å². The molecule has 0 aliphatic heterocycles. The van der Waals surface area contributed by atoms with E-state index in [0.29, 0.717) is 0 Å². The van der Waals surface area contributed by atoms with Gasteiger partial charge in [-0.1, -0.05) is 20.4 Å². The number of nitrogens with zero attached hydrogens (tertiary/aromatic N) is 1. The van der Waals surface area contributed by atoms with Crippen LogP contribution in [0.15, 0.2) is 12.7 Å². The number of amides is 1. The maximum absolute atomic E-state index is 11.0. The summed E-state index contributed by atoms with van der Waals surface area (Å²) in [4.78, 5) is 13.2. The van der Waals surface area contributed by atoms with E-state index in [1.165, 1.54) is 6.08 Å². The van der Waals surface area contributed by atoms with E-state index in [9.17, 15) is 4.79 Å². The monoisotopic (exact) mass is 184 g/mol. The van der Waals surface area contributed by atoms with E-state index in [-0.39, 0.29) is 12.1 Å². The summed E-state index contributed by atoms with van der Waals surface area (Å²) < 4.78 is 0. The average Bonchev–Trinajstić information content (AvgIpc) is 2.14. The second kappa shape index (κ2) is 6.66. The zero-order chi connectivity index (χ0) is 10.3. The summed E-state index contributed by atoms with van der Waals surface area (Å²) in [5.41, 5.74) is 0. The van der Waals surface area contributed by atoms with Crippen LogP contribution in [0.2, 0.25) is 0 Å². The summed E-state index contributed by atoms with van der Waals surface area (Å²) >= 11 is 0. The first-order chi connectivity index (χ1) is 6.15. The highest BCUT2D eigenvalue weighted by Gasteiger charge is 2.12. The van der Waals surface area contributed by atoms with Crippen molar-refractivity contribution in [3.63, 3.8) is 0 Å². The molecule has 13 heavy (non-hydrogen) atoms. The van der Waals surface area contributed by atoms with Gasteiger partial charge in [-0.25, -0.2) is 0 Å². The molecule has 0 spiro atoms. The first kappa shape index (κ1) is 12.2. The van der Waals surface area contributed by atoms with E-state index in [0.717, 1.165) is 19.4 Å². The summed E-state index contributed by atoms with van der Waals surface area (Å²) in [5.74, 6) is -0.102. The molecule has 0 aromatic rings. The molecule has 0 saturated carbocycles. The zero-order valence-corrected chi connectivity index (χ0v) is 8.84. The minimum absolute atomic E-state index is 0.102. The van der Waals surface area contributed by atoms with Gasteiger partial charge in [-0.15, -0.1) is 0 Å². The summed E-state index contributed by atoms with van der Waals surface area (Å²) in [6, 6.07) is 0. The molecule has 1 amide bonds. The minimum atomic E-state index is -0.102. The fraction of sp³-hybridized carbons (Fsp3) is 0.700. The van der Waals surface area contributed by atoms with Crippen molar-refractivity contribution in [3.05, 3.63) is 12.7 Å². The van der Waals surface area contributed by atoms with Crippen LogP contribution in [0.1, 0.15) is 26.7 Å². The highest BCUT2D eigenvalue weighted by atomic mass is 16.1. The molecular formula is C10H20N2O. The predicted octanol–water partition coefficient (Wildman–Crippen LogP) is 1.37. The van der Waals surface area contributed by atoms with Crippen LogP contribution in [0.25, 0.3) is 0 Å². The molecule has 1 atom stereocenters. The summed E-state index contributed by atoms with van der Waals surface area (Å²) in [5, 5.41) is 2.87. The number of carbonyl (C=O) groups excluding carboxylic acids is 1. The molecule has 0 heterocycles. The normalized spacial score (nSPS) is 12.6. The Balaban J connectivity index is 4.00. The Morgan fingerprint density at radius 1 is 1.62 bits per heavy atom. The standard InChI is InChI=1S/C10H20N2O/c1-5-8-12(4)9(6-2)11-10(13)7-3/h7,9H,3,5-6,8H2,1-2,4H3,(H,11,13). The lowest BCUT2D eigenvalue weighted by molar-refractivity contribution is -0.118. The molecule has 1 unspecified atom stereocenters. The second-order valence-electron chi connectivity index (χ2n) is 3.12. The van der Waals surface area contributed by atoms with Crippen molar-refractivity contribution in [3.8, 4) is 0 Å². The fourth-order valence-corrected chi connectivity index (χ4v) is 1.26. The molecule has 76 valence electrons. The van der Waals surface area contributed by atoms with E-state index in [4.69, 9.17) is 0 Å². The van der Waals surface area contributed by atoms with Gasteiger partial charge < -0.3 is 5.32 Å². The Hall–Kier alpha value is -0.830. The Morgan fingerprint density at radius 2 is 2.23 bits per heavy atom. The first-order valence-electron chi connectivity index (χ1n) is 4.78. The van der Waals surface area contributed by atoms with Gasteiger partial charge in [-0.2, -0.15) is 0 Å². The summed E-state index contributed by atoms with van der Waals surface area (Å²) in [6.45, 7) is 8.60. The van der Waals surface area contributed by atoms with Gasteiger partial charge in [-0.05, 0) is 32.5 Å². The van der Waals surface area contributed by atoms with Gasteiger partial charge in [-0.3, -0.25) is 9.69 Å². The van der Waals surface area contributed by atoms with Crippen LogP contribution in [0.4, 0.5) is 0 Å². The van der Waals surface area contributed by atoms with Crippen LogP contribution in [-0.4, -0.2) is 30.6 Å². The van der Waals surface area contributed by atoms with Gasteiger partial charge in [0, 0.05) is 0 Å². The van der Waals surface area contributed by atoms with E-state index in [2.05, 4.69) is 30.6 Å². The van der Waals surface area contributed by atoms with Crippen molar-refractivity contribution in [2.75, 3.05) is 13.6 Å². The van der Waals surface area contributed by atoms with Crippen molar-refractivity contribution in [2.24, 2.45) is 0 Å². The third-order valence-corrected chi connectivity index (χ3v) is 1.99. The topological polar surface area (TPSA) is 32.3 Å². The average molecular weight is 184 g/mol. The van der Waals surface area contributed by atoms with E-state index in [1.807, 2.05) is 7.05 Å². The molecule has 0 radical (unpaired) electrons. The first-order valence-corrected chi connectivity index (χ1v) is 4.78. The highest BCUT2D eigenvalue weighted by Crippen LogP contribution is 1.98. The Labute approximate surface area is 80.8 Å². The van der Waals surface area contributed by atoms with Crippen LogP contribution < -0.4 is 5.32 Å². The quantitative estimate of drug-likeness (QED) is 0.499. The van der Waals surface area contributed by atoms with Crippen LogP contribution in [0.5, 0.6) is 0 Å². The van der Waals surface area contributed by atoms with Gasteiger partial charge in [0.2, 0.25) is 5.91 Å². The van der Waals surface area contributed by atoms with Gasteiger partial charge in [0.1, 0.15) is 0 Å². The minimum Gasteiger partial charge on any atom is -0.337 e. The Morgan fingerprint density at radius 3 is 2.62 bits per heavy atom. The lowest BCUT2D eigenvalue weighted by Gasteiger charge is -2.26. The molecule has 0 fully saturated rings. The van der Waals surface area contributed by atoms with E-state index >= 15 is 0 Å². The third-order valence-electron chi connectivity index (χ3n) is 1.99. The molecule has 0 rings (SSSR count). The number of rotatable bonds is 6. The molecule has 3 nitrogen and oxygen atoms in total. The van der Waals surface area contributed by atoms with Crippen molar-refractivity contribution >= 4 is 5.91 Å². The molecule has 1 N–H and O–H groups in total. The van der Waals surface area contributed by atoms with Gasteiger partial charge in [0.25, 0.3) is 0 Å². The summed E-state index contributed by atoms with van der Waals surface area (Å²) in [6.07, 6.45) is 3.45. The van der Waals surface area contributed by atoms with E-state index < -0.39 is 0 Å². The molecule has 0 saturated heterocycles.